The highest BCUT2D eigenvalue weighted by Gasteiger charge is 2.34. The fraction of sp³-hybridized carbons (Fsp3) is 0.469. The summed E-state index contributed by atoms with van der Waals surface area (Å²) in [6.07, 6.45) is 1.88. The molecule has 1 atom stereocenters. The Morgan fingerprint density at radius 1 is 0.886 bits per heavy atom. The first-order chi connectivity index (χ1) is 21.3. The summed E-state index contributed by atoms with van der Waals surface area (Å²) in [7, 11) is 0. The van der Waals surface area contributed by atoms with Crippen molar-refractivity contribution in [1.82, 2.24) is 29.8 Å². The number of carbonyl (C=O) groups is 3. The first kappa shape index (κ1) is 29.7. The molecule has 0 bridgehead atoms. The number of aromatic nitrogens is 2. The summed E-state index contributed by atoms with van der Waals surface area (Å²) >= 11 is 0. The number of carbonyl (C=O) groups excluding carboxylic acids is 2. The van der Waals surface area contributed by atoms with Crippen molar-refractivity contribution in [3.05, 3.63) is 75.5 Å². The molecule has 2 aromatic carbocycles. The van der Waals surface area contributed by atoms with E-state index in [0.717, 1.165) is 38.9 Å². The van der Waals surface area contributed by atoms with Crippen LogP contribution in [0.25, 0.3) is 10.8 Å². The number of hydrogen-bond donors (Lipinski definition) is 2. The van der Waals surface area contributed by atoms with Crippen LogP contribution in [-0.2, 0) is 11.2 Å². The van der Waals surface area contributed by atoms with Crippen molar-refractivity contribution >= 4 is 28.7 Å². The molecule has 0 aliphatic carbocycles. The summed E-state index contributed by atoms with van der Waals surface area (Å²) in [6, 6.07) is 11.6. The molecule has 3 saturated heterocycles. The number of hydrogen-bond acceptors (Lipinski definition) is 6. The lowest BCUT2D eigenvalue weighted by molar-refractivity contribution is -0.138. The number of aromatic amines is 1. The van der Waals surface area contributed by atoms with Crippen LogP contribution < -0.4 is 5.56 Å². The molecule has 0 unspecified atom stereocenters. The van der Waals surface area contributed by atoms with Gasteiger partial charge in [-0.1, -0.05) is 24.3 Å². The Labute approximate surface area is 254 Å². The molecule has 44 heavy (non-hydrogen) atoms. The number of H-pyrrole nitrogens is 1. The van der Waals surface area contributed by atoms with Gasteiger partial charge in [0.15, 0.2) is 0 Å². The van der Waals surface area contributed by atoms with Crippen LogP contribution in [0.4, 0.5) is 9.18 Å². The maximum atomic E-state index is 14.9. The van der Waals surface area contributed by atoms with Gasteiger partial charge in [0.1, 0.15) is 5.82 Å². The molecule has 3 aliphatic rings. The number of benzene rings is 2. The number of piperazine rings is 1. The number of likely N-dealkylation sites (tertiary alicyclic amines) is 2. The molecule has 1 aromatic heterocycles. The second-order valence-corrected chi connectivity index (χ2v) is 12.1. The Morgan fingerprint density at radius 2 is 1.59 bits per heavy atom. The minimum absolute atomic E-state index is 0.0166. The smallest absolute Gasteiger partial charge is 0.407 e. The number of amides is 3. The Morgan fingerprint density at radius 3 is 2.30 bits per heavy atom. The van der Waals surface area contributed by atoms with Crippen molar-refractivity contribution < 1.29 is 23.9 Å². The van der Waals surface area contributed by atoms with Crippen molar-refractivity contribution in [2.75, 3.05) is 58.9 Å². The van der Waals surface area contributed by atoms with Crippen LogP contribution in [-0.4, -0.2) is 112 Å². The van der Waals surface area contributed by atoms with Crippen LogP contribution in [0.5, 0.6) is 0 Å². The number of rotatable bonds is 6. The van der Waals surface area contributed by atoms with Crippen LogP contribution in [0, 0.1) is 17.7 Å². The van der Waals surface area contributed by atoms with Crippen molar-refractivity contribution in [2.45, 2.75) is 25.7 Å². The van der Waals surface area contributed by atoms with Gasteiger partial charge in [0.05, 0.1) is 16.6 Å². The molecular formula is C32H37FN6O5. The molecule has 3 amide bonds. The second-order valence-electron chi connectivity index (χ2n) is 12.1. The van der Waals surface area contributed by atoms with Crippen LogP contribution in [0.3, 0.4) is 0 Å². The highest BCUT2D eigenvalue weighted by Crippen LogP contribution is 2.25. The van der Waals surface area contributed by atoms with Crippen molar-refractivity contribution in [2.24, 2.45) is 11.8 Å². The van der Waals surface area contributed by atoms with E-state index in [1.807, 2.05) is 17.0 Å². The summed E-state index contributed by atoms with van der Waals surface area (Å²) in [6.45, 7) is 5.15. The lowest BCUT2D eigenvalue weighted by Gasteiger charge is -2.39. The molecule has 0 saturated carbocycles. The number of carboxylic acid groups (broad SMARTS) is 1. The van der Waals surface area contributed by atoms with Crippen LogP contribution >= 0.6 is 0 Å². The van der Waals surface area contributed by atoms with E-state index in [1.165, 1.54) is 11.0 Å². The number of fused-ring (bicyclic) bond motifs is 1. The average Bonchev–Trinajstić information content (AvgIpc) is 3.52. The first-order valence-electron chi connectivity index (χ1n) is 15.3. The van der Waals surface area contributed by atoms with Crippen LogP contribution in [0.15, 0.2) is 47.3 Å². The van der Waals surface area contributed by atoms with Crippen LogP contribution in [0.1, 0.15) is 40.9 Å². The van der Waals surface area contributed by atoms with Gasteiger partial charge in [0.2, 0.25) is 5.91 Å². The molecule has 3 aromatic rings. The van der Waals surface area contributed by atoms with Gasteiger partial charge in [-0.2, -0.15) is 5.10 Å². The van der Waals surface area contributed by atoms with Crippen molar-refractivity contribution in [3.8, 4) is 0 Å². The highest BCUT2D eigenvalue weighted by atomic mass is 19.1. The predicted octanol–water partition coefficient (Wildman–Crippen LogP) is 2.65. The molecule has 12 heteroatoms. The lowest BCUT2D eigenvalue weighted by atomic mass is 9.94. The van der Waals surface area contributed by atoms with Crippen molar-refractivity contribution in [1.29, 1.82) is 0 Å². The third kappa shape index (κ3) is 6.30. The molecule has 6 rings (SSSR count). The van der Waals surface area contributed by atoms with E-state index >= 15 is 0 Å². The summed E-state index contributed by atoms with van der Waals surface area (Å²) in [5.41, 5.74) is 1.04. The van der Waals surface area contributed by atoms with Gasteiger partial charge < -0.3 is 24.7 Å². The van der Waals surface area contributed by atoms with Crippen molar-refractivity contribution in [3.63, 3.8) is 0 Å². The Balaban J connectivity index is 1.01. The number of nitrogens with one attached hydrogen (secondary N) is 1. The standard InChI is InChI=1S/C32H37FN6O5/c33-27-6-5-21(18-28-24-3-1-2-4-25(24)29(40)35-34-28)17-26(27)31(42)38-15-13-37(14-16-38)30(41)23-8-10-36(11-9-23)19-22-7-12-39(20-22)32(43)44/h1-6,17,22-23H,7-16,18-20H2,(H,35,40)(H,43,44)/t22-/m1/s1. The van der Waals surface area contributed by atoms with Gasteiger partial charge in [-0.25, -0.2) is 14.3 Å². The number of nitrogens with zero attached hydrogens (tertiary/aromatic N) is 5. The van der Waals surface area contributed by atoms with Gasteiger partial charge in [-0.05, 0) is 62.0 Å². The summed E-state index contributed by atoms with van der Waals surface area (Å²) < 4.78 is 14.9. The normalized spacial score (nSPS) is 19.9. The molecule has 2 N–H and O–H groups in total. The Hall–Kier alpha value is -4.32. The zero-order valence-electron chi connectivity index (χ0n) is 24.6. The van der Waals surface area contributed by atoms with E-state index in [9.17, 15) is 28.7 Å². The molecule has 0 spiro atoms. The van der Waals surface area contributed by atoms with E-state index in [-0.39, 0.29) is 22.9 Å². The monoisotopic (exact) mass is 604 g/mol. The van der Waals surface area contributed by atoms with E-state index in [2.05, 4.69) is 15.1 Å². The Kier molecular flexibility index (Phi) is 8.60. The molecule has 3 aliphatic heterocycles. The van der Waals surface area contributed by atoms with E-state index in [0.29, 0.717) is 73.6 Å². The maximum Gasteiger partial charge on any atom is 0.407 e. The van der Waals surface area contributed by atoms with Gasteiger partial charge in [-0.15, -0.1) is 0 Å². The van der Waals surface area contributed by atoms with Gasteiger partial charge >= 0.3 is 6.09 Å². The Bertz CT molecular complexity index is 1610. The van der Waals surface area contributed by atoms with Crippen LogP contribution in [0.2, 0.25) is 0 Å². The zero-order valence-corrected chi connectivity index (χ0v) is 24.6. The second kappa shape index (κ2) is 12.7. The molecule has 3 fully saturated rings. The lowest BCUT2D eigenvalue weighted by Crippen LogP contribution is -2.53. The largest absolute Gasteiger partial charge is 0.465 e. The minimum atomic E-state index is -0.855. The topological polar surface area (TPSA) is 130 Å². The van der Waals surface area contributed by atoms with Gasteiger partial charge in [0, 0.05) is 63.5 Å². The van der Waals surface area contributed by atoms with E-state index < -0.39 is 17.8 Å². The zero-order chi connectivity index (χ0) is 30.8. The number of piperidine rings is 1. The highest BCUT2D eigenvalue weighted by molar-refractivity contribution is 5.95. The minimum Gasteiger partial charge on any atom is -0.465 e. The van der Waals surface area contributed by atoms with E-state index in [1.54, 1.807) is 29.2 Å². The molecular weight excluding hydrogens is 567 g/mol. The quantitative estimate of drug-likeness (QED) is 0.443. The number of halogens is 1. The van der Waals surface area contributed by atoms with Gasteiger partial charge in [-0.3, -0.25) is 14.4 Å². The third-order valence-corrected chi connectivity index (χ3v) is 9.30. The predicted molar refractivity (Wildman–Crippen MR) is 161 cm³/mol. The summed E-state index contributed by atoms with van der Waals surface area (Å²) in [5.74, 6) is -0.605. The fourth-order valence-corrected chi connectivity index (χ4v) is 6.79. The first-order valence-corrected chi connectivity index (χ1v) is 15.3. The third-order valence-electron chi connectivity index (χ3n) is 9.30. The molecule has 0 radical (unpaired) electrons. The van der Waals surface area contributed by atoms with Gasteiger partial charge in [0.25, 0.3) is 11.5 Å². The molecule has 232 valence electrons. The fourth-order valence-electron chi connectivity index (χ4n) is 6.79. The summed E-state index contributed by atoms with van der Waals surface area (Å²) in [4.78, 5) is 57.2. The molecule has 4 heterocycles. The maximum absolute atomic E-state index is 14.9. The molecule has 11 nitrogen and oxygen atoms in total. The van der Waals surface area contributed by atoms with E-state index in [4.69, 9.17) is 0 Å². The average molecular weight is 605 g/mol. The summed E-state index contributed by atoms with van der Waals surface area (Å²) in [5, 5.41) is 17.1. The SMILES string of the molecule is O=C(O)N1CC[C@H](CN2CCC(C(=O)N3CCN(C(=O)c4cc(Cc5n[nH]c(=O)c6ccccc56)ccc4F)CC3)CC2)C1.